The van der Waals surface area contributed by atoms with Crippen molar-refractivity contribution in [2.45, 2.75) is 13.0 Å². The van der Waals surface area contributed by atoms with Gasteiger partial charge in [-0.3, -0.25) is 4.79 Å². The molecule has 0 bridgehead atoms. The molecule has 2 aromatic carbocycles. The van der Waals surface area contributed by atoms with Gasteiger partial charge in [-0.15, -0.1) is 0 Å². The van der Waals surface area contributed by atoms with Crippen LogP contribution in [0.25, 0.3) is 5.70 Å². The molecule has 1 heterocycles. The molecule has 0 amide bonds. The topological polar surface area (TPSA) is 67.5 Å². The number of nitrogens with two attached hydrogens (primary N) is 1. The van der Waals surface area contributed by atoms with E-state index in [9.17, 15) is 9.18 Å². The van der Waals surface area contributed by atoms with Crippen LogP contribution in [0.5, 0.6) is 0 Å². The SMILES string of the molecule is CC(=O)C1=C(c2ccccc2)NC(N)=NC1c1ccc(F)cc1. The van der Waals surface area contributed by atoms with Crippen molar-refractivity contribution in [3.63, 3.8) is 0 Å². The van der Waals surface area contributed by atoms with Crippen LogP contribution in [0.2, 0.25) is 0 Å². The van der Waals surface area contributed by atoms with E-state index in [1.165, 1.54) is 19.1 Å². The number of guanidine groups is 1. The number of aliphatic imine (C=N–C) groups is 1. The largest absolute Gasteiger partial charge is 0.370 e. The van der Waals surface area contributed by atoms with Gasteiger partial charge in [0.2, 0.25) is 0 Å². The van der Waals surface area contributed by atoms with Crippen molar-refractivity contribution >= 4 is 17.4 Å². The molecule has 23 heavy (non-hydrogen) atoms. The molecule has 1 atom stereocenters. The molecule has 0 aliphatic carbocycles. The Balaban J connectivity index is 2.16. The molecular formula is C18H16FN3O. The zero-order chi connectivity index (χ0) is 16.4. The van der Waals surface area contributed by atoms with E-state index < -0.39 is 6.04 Å². The zero-order valence-electron chi connectivity index (χ0n) is 12.6. The van der Waals surface area contributed by atoms with Crippen LogP contribution in [-0.2, 0) is 4.79 Å². The average Bonchev–Trinajstić information content (AvgIpc) is 2.55. The van der Waals surface area contributed by atoms with Crippen LogP contribution in [0.15, 0.2) is 65.2 Å². The number of Topliss-reactive ketones (excluding diaryl/α,β-unsaturated/α-hetero) is 1. The fourth-order valence-electron chi connectivity index (χ4n) is 2.66. The van der Waals surface area contributed by atoms with Gasteiger partial charge >= 0.3 is 0 Å². The van der Waals surface area contributed by atoms with Crippen molar-refractivity contribution in [2.75, 3.05) is 0 Å². The Kier molecular flexibility index (Phi) is 3.93. The number of halogens is 1. The Hall–Kier alpha value is -2.95. The number of carbonyl (C=O) groups is 1. The summed E-state index contributed by atoms with van der Waals surface area (Å²) in [5.41, 5.74) is 8.62. The van der Waals surface area contributed by atoms with Crippen molar-refractivity contribution < 1.29 is 9.18 Å². The Morgan fingerprint density at radius 2 is 1.78 bits per heavy atom. The standard InChI is InChI=1S/C18H16FN3O/c1-11(23)15-16(12-5-3-2-4-6-12)21-18(20)22-17(15)13-7-9-14(19)10-8-13/h2-10,17H,1H3,(H3,20,21,22). The number of benzene rings is 2. The molecule has 3 rings (SSSR count). The van der Waals surface area contributed by atoms with E-state index in [4.69, 9.17) is 5.73 Å². The maximum Gasteiger partial charge on any atom is 0.194 e. The third kappa shape index (κ3) is 2.99. The number of nitrogens with zero attached hydrogens (tertiary/aromatic N) is 1. The van der Waals surface area contributed by atoms with Crippen LogP contribution in [0, 0.1) is 5.82 Å². The predicted molar refractivity (Wildman–Crippen MR) is 87.9 cm³/mol. The Morgan fingerprint density at radius 3 is 2.39 bits per heavy atom. The second-order valence-electron chi connectivity index (χ2n) is 5.30. The van der Waals surface area contributed by atoms with Crippen molar-refractivity contribution in [1.29, 1.82) is 0 Å². The zero-order valence-corrected chi connectivity index (χ0v) is 12.6. The summed E-state index contributed by atoms with van der Waals surface area (Å²) in [6.45, 7) is 1.49. The molecule has 1 aliphatic rings. The predicted octanol–water partition coefficient (Wildman–Crippen LogP) is 2.79. The van der Waals surface area contributed by atoms with Gasteiger partial charge in [0, 0.05) is 5.57 Å². The molecule has 1 aliphatic heterocycles. The van der Waals surface area contributed by atoms with Crippen LogP contribution in [0.3, 0.4) is 0 Å². The number of hydrogen-bond acceptors (Lipinski definition) is 4. The number of nitrogens with one attached hydrogen (secondary N) is 1. The van der Waals surface area contributed by atoms with Crippen LogP contribution >= 0.6 is 0 Å². The highest BCUT2D eigenvalue weighted by Gasteiger charge is 2.28. The summed E-state index contributed by atoms with van der Waals surface area (Å²) in [7, 11) is 0. The number of hydrogen-bond donors (Lipinski definition) is 2. The molecule has 3 N–H and O–H groups in total. The highest BCUT2D eigenvalue weighted by molar-refractivity contribution is 6.06. The first kappa shape index (κ1) is 15.0. The van der Waals surface area contributed by atoms with E-state index in [1.54, 1.807) is 12.1 Å². The Labute approximate surface area is 133 Å². The minimum Gasteiger partial charge on any atom is -0.370 e. The van der Waals surface area contributed by atoms with Gasteiger partial charge in [-0.2, -0.15) is 0 Å². The van der Waals surface area contributed by atoms with Crippen LogP contribution in [-0.4, -0.2) is 11.7 Å². The van der Waals surface area contributed by atoms with E-state index in [1.807, 2.05) is 30.3 Å². The minimum atomic E-state index is -0.551. The van der Waals surface area contributed by atoms with Gasteiger partial charge < -0.3 is 11.1 Å². The van der Waals surface area contributed by atoms with Crippen molar-refractivity contribution in [3.05, 3.63) is 77.1 Å². The molecule has 2 aromatic rings. The van der Waals surface area contributed by atoms with E-state index in [0.717, 1.165) is 11.1 Å². The molecule has 0 spiro atoms. The molecule has 4 nitrogen and oxygen atoms in total. The van der Waals surface area contributed by atoms with E-state index in [2.05, 4.69) is 10.3 Å². The van der Waals surface area contributed by atoms with Gasteiger partial charge in [0.1, 0.15) is 11.9 Å². The summed E-state index contributed by atoms with van der Waals surface area (Å²) >= 11 is 0. The van der Waals surface area contributed by atoms with Crippen molar-refractivity contribution in [3.8, 4) is 0 Å². The Bertz CT molecular complexity index is 795. The summed E-state index contributed by atoms with van der Waals surface area (Å²) in [6, 6.07) is 14.8. The smallest absolute Gasteiger partial charge is 0.194 e. The molecule has 0 saturated heterocycles. The third-order valence-corrected chi connectivity index (χ3v) is 3.69. The van der Waals surface area contributed by atoms with Gasteiger partial charge in [-0.25, -0.2) is 9.38 Å². The molecule has 116 valence electrons. The van der Waals surface area contributed by atoms with E-state index in [-0.39, 0.29) is 17.6 Å². The molecule has 5 heteroatoms. The van der Waals surface area contributed by atoms with Crippen molar-refractivity contribution in [1.82, 2.24) is 5.32 Å². The highest BCUT2D eigenvalue weighted by atomic mass is 19.1. The highest BCUT2D eigenvalue weighted by Crippen LogP contribution is 2.34. The first-order valence-electron chi connectivity index (χ1n) is 7.22. The monoisotopic (exact) mass is 309 g/mol. The van der Waals surface area contributed by atoms with Gasteiger partial charge in [0.15, 0.2) is 11.7 Å². The number of carbonyl (C=O) groups excluding carboxylic acids is 1. The maximum absolute atomic E-state index is 13.2. The molecule has 0 aromatic heterocycles. The molecule has 0 radical (unpaired) electrons. The first-order valence-corrected chi connectivity index (χ1v) is 7.22. The van der Waals surface area contributed by atoms with Gasteiger partial charge in [-0.1, -0.05) is 42.5 Å². The normalized spacial score (nSPS) is 17.5. The molecule has 0 fully saturated rings. The lowest BCUT2D eigenvalue weighted by atomic mass is 9.91. The van der Waals surface area contributed by atoms with E-state index >= 15 is 0 Å². The molecule has 0 saturated carbocycles. The quantitative estimate of drug-likeness (QED) is 0.916. The van der Waals surface area contributed by atoms with Gasteiger partial charge in [-0.05, 0) is 30.2 Å². The minimum absolute atomic E-state index is 0.109. The van der Waals surface area contributed by atoms with Gasteiger partial charge in [0.05, 0.1) is 5.70 Å². The number of rotatable bonds is 3. The lowest BCUT2D eigenvalue weighted by Gasteiger charge is -2.26. The third-order valence-electron chi connectivity index (χ3n) is 3.69. The maximum atomic E-state index is 13.2. The second-order valence-corrected chi connectivity index (χ2v) is 5.30. The van der Waals surface area contributed by atoms with Gasteiger partial charge in [0.25, 0.3) is 0 Å². The molecular weight excluding hydrogens is 293 g/mol. The average molecular weight is 309 g/mol. The Morgan fingerprint density at radius 1 is 1.13 bits per heavy atom. The summed E-state index contributed by atoms with van der Waals surface area (Å²) in [4.78, 5) is 16.6. The van der Waals surface area contributed by atoms with Crippen LogP contribution < -0.4 is 11.1 Å². The van der Waals surface area contributed by atoms with E-state index in [0.29, 0.717) is 11.3 Å². The molecule has 1 unspecified atom stereocenters. The van der Waals surface area contributed by atoms with Crippen LogP contribution in [0.4, 0.5) is 4.39 Å². The fourth-order valence-corrected chi connectivity index (χ4v) is 2.66. The lowest BCUT2D eigenvalue weighted by molar-refractivity contribution is -0.113. The summed E-state index contributed by atoms with van der Waals surface area (Å²) in [5.74, 6) is -0.221. The van der Waals surface area contributed by atoms with Crippen LogP contribution in [0.1, 0.15) is 24.1 Å². The van der Waals surface area contributed by atoms with Crippen molar-refractivity contribution in [2.24, 2.45) is 10.7 Å². The summed E-state index contributed by atoms with van der Waals surface area (Å²) in [6.07, 6.45) is 0. The summed E-state index contributed by atoms with van der Waals surface area (Å²) < 4.78 is 13.2. The lowest BCUT2D eigenvalue weighted by Crippen LogP contribution is -2.36. The summed E-state index contributed by atoms with van der Waals surface area (Å²) in [5, 5.41) is 2.99. The second kappa shape index (κ2) is 6.04. The number of ketones is 1. The first-order chi connectivity index (χ1) is 11.1. The fraction of sp³-hybridized carbons (Fsp3) is 0.111.